The van der Waals surface area contributed by atoms with Crippen molar-refractivity contribution in [3.8, 4) is 0 Å². The summed E-state index contributed by atoms with van der Waals surface area (Å²) in [5.41, 5.74) is 2.54. The highest BCUT2D eigenvalue weighted by atomic mass is 35.5. The SMILES string of the molecule is CC(=O)C1SC2=Nc3ccccc3C(c3ccccc3Cl)N2C1=O. The standard InChI is InChI=1S/C18H13ClN2O2S/c1-10(22)16-17(23)21-15(11-6-2-4-8-13(11)19)12-7-3-5-9-14(12)20-18(21)24-16/h2-9,15-16H,1H3. The number of carbonyl (C=O) groups excluding carboxylic acids is 2. The van der Waals surface area contributed by atoms with Gasteiger partial charge in [0.25, 0.3) is 5.91 Å². The van der Waals surface area contributed by atoms with Crippen molar-refractivity contribution in [2.75, 3.05) is 0 Å². The van der Waals surface area contributed by atoms with E-state index in [0.717, 1.165) is 16.8 Å². The minimum Gasteiger partial charge on any atom is -0.298 e. The van der Waals surface area contributed by atoms with Gasteiger partial charge in [0.1, 0.15) is 5.25 Å². The van der Waals surface area contributed by atoms with Crippen LogP contribution in [0.5, 0.6) is 0 Å². The number of fused-ring (bicyclic) bond motifs is 2. The van der Waals surface area contributed by atoms with E-state index in [1.165, 1.54) is 18.7 Å². The number of hydrogen-bond donors (Lipinski definition) is 0. The fourth-order valence-electron chi connectivity index (χ4n) is 3.07. The van der Waals surface area contributed by atoms with Crippen LogP contribution in [0, 0.1) is 0 Å². The van der Waals surface area contributed by atoms with Gasteiger partial charge in [0.05, 0.1) is 11.7 Å². The summed E-state index contributed by atoms with van der Waals surface area (Å²) in [6.07, 6.45) is 0. The van der Waals surface area contributed by atoms with E-state index >= 15 is 0 Å². The molecule has 2 aliphatic heterocycles. The fraction of sp³-hybridized carbons (Fsp3) is 0.167. The smallest absolute Gasteiger partial charge is 0.250 e. The predicted molar refractivity (Wildman–Crippen MR) is 95.7 cm³/mol. The highest BCUT2D eigenvalue weighted by Crippen LogP contribution is 2.47. The van der Waals surface area contributed by atoms with Crippen LogP contribution in [0.3, 0.4) is 0 Å². The third-order valence-electron chi connectivity index (χ3n) is 4.17. The van der Waals surface area contributed by atoms with Crippen LogP contribution in [0.25, 0.3) is 0 Å². The van der Waals surface area contributed by atoms with Gasteiger partial charge in [-0.05, 0) is 24.6 Å². The Morgan fingerprint density at radius 2 is 1.79 bits per heavy atom. The largest absolute Gasteiger partial charge is 0.298 e. The van der Waals surface area contributed by atoms with Gasteiger partial charge in [0.15, 0.2) is 11.0 Å². The maximum Gasteiger partial charge on any atom is 0.250 e. The van der Waals surface area contributed by atoms with Crippen LogP contribution in [-0.4, -0.2) is 27.0 Å². The number of hydrogen-bond acceptors (Lipinski definition) is 4. The van der Waals surface area contributed by atoms with Crippen LogP contribution < -0.4 is 0 Å². The Labute approximate surface area is 148 Å². The molecule has 0 saturated carbocycles. The number of carbonyl (C=O) groups is 2. The van der Waals surface area contributed by atoms with E-state index < -0.39 is 5.25 Å². The van der Waals surface area contributed by atoms with E-state index in [9.17, 15) is 9.59 Å². The number of ketones is 1. The third kappa shape index (κ3) is 2.27. The Bertz CT molecular complexity index is 896. The van der Waals surface area contributed by atoms with Gasteiger partial charge in [-0.1, -0.05) is 59.8 Å². The molecular weight excluding hydrogens is 344 g/mol. The summed E-state index contributed by atoms with van der Waals surface area (Å²) in [6, 6.07) is 14.8. The highest BCUT2D eigenvalue weighted by Gasteiger charge is 2.47. The summed E-state index contributed by atoms with van der Waals surface area (Å²) in [6.45, 7) is 1.44. The van der Waals surface area contributed by atoms with E-state index in [4.69, 9.17) is 11.6 Å². The van der Waals surface area contributed by atoms with Gasteiger partial charge < -0.3 is 0 Å². The van der Waals surface area contributed by atoms with E-state index in [1.54, 1.807) is 11.0 Å². The molecule has 4 rings (SSSR count). The van der Waals surface area contributed by atoms with Crippen molar-refractivity contribution in [3.63, 3.8) is 0 Å². The molecule has 0 radical (unpaired) electrons. The van der Waals surface area contributed by atoms with E-state index in [-0.39, 0.29) is 17.7 Å². The lowest BCUT2D eigenvalue weighted by Gasteiger charge is -2.33. The first-order valence-electron chi connectivity index (χ1n) is 7.50. The Hall–Kier alpha value is -2.11. The molecule has 1 amide bonds. The van der Waals surface area contributed by atoms with Gasteiger partial charge in [-0.15, -0.1) is 0 Å². The lowest BCUT2D eigenvalue weighted by molar-refractivity contribution is -0.131. The Morgan fingerprint density at radius 3 is 2.50 bits per heavy atom. The van der Waals surface area contributed by atoms with Crippen LogP contribution in [0.1, 0.15) is 24.1 Å². The fourth-order valence-corrected chi connectivity index (χ4v) is 4.36. The van der Waals surface area contributed by atoms with Crippen LogP contribution in [0.15, 0.2) is 53.5 Å². The molecule has 0 aliphatic carbocycles. The second kappa shape index (κ2) is 5.76. The van der Waals surface area contributed by atoms with Gasteiger partial charge in [-0.2, -0.15) is 0 Å². The molecule has 0 N–H and O–H groups in total. The number of amides is 1. The van der Waals surface area contributed by atoms with Gasteiger partial charge >= 0.3 is 0 Å². The molecule has 2 aliphatic rings. The molecule has 4 nitrogen and oxygen atoms in total. The lowest BCUT2D eigenvalue weighted by atomic mass is 9.94. The number of Topliss-reactive ketones (excluding diaryl/α,β-unsaturated/α-hetero) is 1. The number of nitrogens with zero attached hydrogens (tertiary/aromatic N) is 2. The number of amidine groups is 1. The summed E-state index contributed by atoms with van der Waals surface area (Å²) in [4.78, 5) is 30.9. The van der Waals surface area contributed by atoms with Crippen LogP contribution >= 0.6 is 23.4 Å². The lowest BCUT2D eigenvalue weighted by Crippen LogP contribution is -2.39. The predicted octanol–water partition coefficient (Wildman–Crippen LogP) is 3.96. The second-order valence-electron chi connectivity index (χ2n) is 5.69. The first kappa shape index (κ1) is 15.4. The van der Waals surface area contributed by atoms with Crippen molar-refractivity contribution < 1.29 is 9.59 Å². The monoisotopic (exact) mass is 356 g/mol. The molecule has 2 heterocycles. The zero-order valence-electron chi connectivity index (χ0n) is 12.8. The van der Waals surface area contributed by atoms with Crippen molar-refractivity contribution in [3.05, 3.63) is 64.7 Å². The molecule has 0 spiro atoms. The Kier molecular flexibility index (Phi) is 3.70. The number of para-hydroxylation sites is 1. The molecule has 1 fully saturated rings. The van der Waals surface area contributed by atoms with Crippen LogP contribution in [0.2, 0.25) is 5.02 Å². The summed E-state index contributed by atoms with van der Waals surface area (Å²) in [5.74, 6) is -0.394. The molecule has 2 aromatic carbocycles. The Balaban J connectivity index is 1.93. The highest BCUT2D eigenvalue weighted by molar-refractivity contribution is 8.16. The Morgan fingerprint density at radius 1 is 1.12 bits per heavy atom. The molecular formula is C18H13ClN2O2S. The molecule has 1 saturated heterocycles. The minimum absolute atomic E-state index is 0.163. The van der Waals surface area contributed by atoms with Crippen molar-refractivity contribution in [1.82, 2.24) is 4.90 Å². The zero-order chi connectivity index (χ0) is 16.8. The zero-order valence-corrected chi connectivity index (χ0v) is 14.3. The summed E-state index contributed by atoms with van der Waals surface area (Å²) in [7, 11) is 0. The van der Waals surface area contributed by atoms with Crippen LogP contribution in [0.4, 0.5) is 5.69 Å². The number of benzene rings is 2. The quantitative estimate of drug-likeness (QED) is 0.765. The summed E-state index contributed by atoms with van der Waals surface area (Å²) >= 11 is 7.62. The maximum absolute atomic E-state index is 12.8. The van der Waals surface area contributed by atoms with Crippen LogP contribution in [-0.2, 0) is 9.59 Å². The normalized spacial score (nSPS) is 22.0. The molecule has 2 unspecified atom stereocenters. The first-order valence-corrected chi connectivity index (χ1v) is 8.76. The van der Waals surface area contributed by atoms with Gasteiger partial charge in [0.2, 0.25) is 0 Å². The second-order valence-corrected chi connectivity index (χ2v) is 7.17. The van der Waals surface area contributed by atoms with Crippen molar-refractivity contribution in [2.24, 2.45) is 4.99 Å². The van der Waals surface area contributed by atoms with Gasteiger partial charge in [0, 0.05) is 10.6 Å². The van der Waals surface area contributed by atoms with E-state index in [1.807, 2.05) is 42.5 Å². The molecule has 2 atom stereocenters. The number of rotatable bonds is 2. The molecule has 24 heavy (non-hydrogen) atoms. The van der Waals surface area contributed by atoms with Crippen molar-refractivity contribution in [1.29, 1.82) is 0 Å². The maximum atomic E-state index is 12.8. The number of thioether (sulfide) groups is 1. The molecule has 120 valence electrons. The average Bonchev–Trinajstić information content (AvgIpc) is 2.90. The topological polar surface area (TPSA) is 49.7 Å². The number of aliphatic imine (C=N–C) groups is 1. The van der Waals surface area contributed by atoms with Crippen molar-refractivity contribution >= 4 is 45.9 Å². The summed E-state index contributed by atoms with van der Waals surface area (Å²) in [5, 5.41) is 0.412. The van der Waals surface area contributed by atoms with Gasteiger partial charge in [-0.25, -0.2) is 4.99 Å². The van der Waals surface area contributed by atoms with E-state index in [0.29, 0.717) is 10.2 Å². The molecule has 0 aromatic heterocycles. The molecule has 0 bridgehead atoms. The first-order chi connectivity index (χ1) is 11.6. The average molecular weight is 357 g/mol. The van der Waals surface area contributed by atoms with Gasteiger partial charge in [-0.3, -0.25) is 14.5 Å². The minimum atomic E-state index is -0.733. The third-order valence-corrected chi connectivity index (χ3v) is 5.78. The molecule has 2 aromatic rings. The van der Waals surface area contributed by atoms with Crippen molar-refractivity contribution in [2.45, 2.75) is 18.2 Å². The van der Waals surface area contributed by atoms with E-state index in [2.05, 4.69) is 4.99 Å². The molecule has 6 heteroatoms. The number of halogens is 1. The summed E-state index contributed by atoms with van der Waals surface area (Å²) < 4.78 is 0.